The van der Waals surface area contributed by atoms with Gasteiger partial charge < -0.3 is 0 Å². The molecule has 0 saturated heterocycles. The van der Waals surface area contributed by atoms with E-state index in [1.54, 1.807) is 16.3 Å². The van der Waals surface area contributed by atoms with E-state index in [1.165, 1.54) is 28.0 Å². The molecule has 3 rings (SSSR count). The molecule has 124 valence electrons. The molecule has 0 atom stereocenters. The summed E-state index contributed by atoms with van der Waals surface area (Å²) in [5.74, 6) is 0.805. The van der Waals surface area contributed by atoms with Crippen LogP contribution in [0, 0.1) is 20.8 Å². The molecule has 3 nitrogen and oxygen atoms in total. The molecule has 1 aromatic carbocycles. The summed E-state index contributed by atoms with van der Waals surface area (Å²) in [7, 11) is 0. The zero-order valence-corrected chi connectivity index (χ0v) is 15.5. The summed E-state index contributed by atoms with van der Waals surface area (Å²) in [6, 6.07) is 8.32. The third-order valence-corrected chi connectivity index (χ3v) is 5.83. The first-order chi connectivity index (χ1) is 11.6. The molecule has 5 heteroatoms. The number of thiophene rings is 1. The van der Waals surface area contributed by atoms with Crippen molar-refractivity contribution in [3.8, 4) is 0 Å². The third kappa shape index (κ3) is 3.57. The topological polar surface area (TPSA) is 34.9 Å². The van der Waals surface area contributed by atoms with E-state index in [2.05, 4.69) is 32.0 Å². The van der Waals surface area contributed by atoms with Crippen molar-refractivity contribution < 1.29 is 0 Å². The molecule has 0 aliphatic rings. The van der Waals surface area contributed by atoms with E-state index in [1.807, 2.05) is 11.4 Å². The molecule has 0 aliphatic carbocycles. The van der Waals surface area contributed by atoms with Crippen LogP contribution < -0.4 is 5.56 Å². The van der Waals surface area contributed by atoms with Gasteiger partial charge in [-0.2, -0.15) is 0 Å². The Balaban J connectivity index is 1.95. The number of aromatic nitrogens is 2. The Labute approximate surface area is 150 Å². The molecule has 0 spiro atoms. The summed E-state index contributed by atoms with van der Waals surface area (Å²) in [4.78, 5) is 18.3. The molecule has 0 saturated carbocycles. The Morgan fingerprint density at radius 3 is 2.92 bits per heavy atom. The highest BCUT2D eigenvalue weighted by Crippen LogP contribution is 2.26. The molecule has 0 N–H and O–H groups in total. The Morgan fingerprint density at radius 2 is 2.12 bits per heavy atom. The van der Waals surface area contributed by atoms with Crippen molar-refractivity contribution in [3.05, 3.63) is 63.6 Å². The summed E-state index contributed by atoms with van der Waals surface area (Å²) in [5.41, 5.74) is 3.84. The van der Waals surface area contributed by atoms with Gasteiger partial charge in [0.05, 0.1) is 5.39 Å². The van der Waals surface area contributed by atoms with Gasteiger partial charge in [0.15, 0.2) is 5.16 Å². The van der Waals surface area contributed by atoms with Gasteiger partial charge in [0.2, 0.25) is 0 Å². The molecule has 0 fully saturated rings. The minimum Gasteiger partial charge on any atom is -0.287 e. The van der Waals surface area contributed by atoms with Crippen LogP contribution in [0.4, 0.5) is 0 Å². The summed E-state index contributed by atoms with van der Waals surface area (Å²) >= 11 is 3.14. The second-order valence-electron chi connectivity index (χ2n) is 5.85. The lowest BCUT2D eigenvalue weighted by Crippen LogP contribution is -2.22. The highest BCUT2D eigenvalue weighted by molar-refractivity contribution is 7.98. The van der Waals surface area contributed by atoms with Gasteiger partial charge >= 0.3 is 0 Å². The van der Waals surface area contributed by atoms with Crippen LogP contribution in [-0.2, 0) is 12.3 Å². The largest absolute Gasteiger partial charge is 0.287 e. The van der Waals surface area contributed by atoms with Crippen molar-refractivity contribution in [2.75, 3.05) is 0 Å². The van der Waals surface area contributed by atoms with Crippen molar-refractivity contribution in [3.63, 3.8) is 0 Å². The molecule has 0 amide bonds. The standard InChI is InChI=1S/C19H20N2OS2/c1-4-5-9-21-18(22)16-8-10-23-17(16)20-19(21)24-12-15-11-13(2)6-7-14(15)3/h1,6-8,10-11H,4-5,9,12H2,2-3H3. The number of hydrogen-bond acceptors (Lipinski definition) is 4. The first-order valence-corrected chi connectivity index (χ1v) is 9.83. The number of rotatable bonds is 6. The van der Waals surface area contributed by atoms with E-state index >= 15 is 0 Å². The molecule has 0 bridgehead atoms. The van der Waals surface area contributed by atoms with Crippen LogP contribution in [0.1, 0.15) is 29.5 Å². The molecule has 2 aromatic heterocycles. The van der Waals surface area contributed by atoms with Gasteiger partial charge in [-0.25, -0.2) is 4.98 Å². The van der Waals surface area contributed by atoms with E-state index in [0.717, 1.165) is 22.2 Å². The van der Waals surface area contributed by atoms with Crippen molar-refractivity contribution in [1.29, 1.82) is 0 Å². The van der Waals surface area contributed by atoms with Crippen LogP contribution >= 0.6 is 23.1 Å². The van der Waals surface area contributed by atoms with E-state index in [0.29, 0.717) is 18.4 Å². The van der Waals surface area contributed by atoms with Gasteiger partial charge in [-0.1, -0.05) is 35.5 Å². The maximum Gasteiger partial charge on any atom is 0.262 e. The van der Waals surface area contributed by atoms with Crippen LogP contribution in [-0.4, -0.2) is 9.55 Å². The first kappa shape index (κ1) is 17.2. The van der Waals surface area contributed by atoms with Gasteiger partial charge in [-0.3, -0.25) is 9.36 Å². The second kappa shape index (κ2) is 7.53. The Hall–Kier alpha value is -1.59. The monoisotopic (exact) mass is 356 g/mol. The number of benzene rings is 1. The molecule has 0 aliphatic heterocycles. The maximum absolute atomic E-state index is 12.7. The minimum absolute atomic E-state index is 0.0400. The molecular formula is C19H20N2OS2. The highest BCUT2D eigenvalue weighted by Gasteiger charge is 2.13. The van der Waals surface area contributed by atoms with Crippen molar-refractivity contribution in [2.45, 2.75) is 44.1 Å². The number of aryl methyl sites for hydroxylation is 2. The smallest absolute Gasteiger partial charge is 0.262 e. The molecule has 24 heavy (non-hydrogen) atoms. The fraction of sp³-hybridized carbons (Fsp3) is 0.316. The van der Waals surface area contributed by atoms with Crippen molar-refractivity contribution in [2.24, 2.45) is 0 Å². The van der Waals surface area contributed by atoms with Gasteiger partial charge in [0, 0.05) is 12.3 Å². The Morgan fingerprint density at radius 1 is 1.29 bits per heavy atom. The predicted octanol–water partition coefficient (Wildman–Crippen LogP) is 4.86. The summed E-state index contributed by atoms with van der Waals surface area (Å²) < 4.78 is 1.78. The number of unbranched alkanes of at least 4 members (excludes halogenated alkanes) is 1. The maximum atomic E-state index is 12.7. The molecular weight excluding hydrogens is 336 g/mol. The summed E-state index contributed by atoms with van der Waals surface area (Å²) in [6.45, 7) is 10.5. The van der Waals surface area contributed by atoms with E-state index in [-0.39, 0.29) is 5.56 Å². The number of nitrogens with zero attached hydrogens (tertiary/aromatic N) is 2. The number of hydrogen-bond donors (Lipinski definition) is 0. The SMILES string of the molecule is [CH]CCCn1c(SCc2cc(C)ccc2C)nc2sccc2c1=O. The highest BCUT2D eigenvalue weighted by atomic mass is 32.2. The molecule has 2 radical (unpaired) electrons. The van der Waals surface area contributed by atoms with Crippen LogP contribution in [0.3, 0.4) is 0 Å². The van der Waals surface area contributed by atoms with Gasteiger partial charge in [-0.05, 0) is 56.2 Å². The molecule has 0 unspecified atom stereocenters. The van der Waals surface area contributed by atoms with E-state index in [9.17, 15) is 4.79 Å². The Bertz CT molecular complexity index is 911. The lowest BCUT2D eigenvalue weighted by atomic mass is 10.1. The lowest BCUT2D eigenvalue weighted by molar-refractivity contribution is 0.568. The predicted molar refractivity (Wildman–Crippen MR) is 103 cm³/mol. The van der Waals surface area contributed by atoms with Gasteiger partial charge in [0.25, 0.3) is 5.56 Å². The average molecular weight is 357 g/mol. The van der Waals surface area contributed by atoms with Crippen LogP contribution in [0.5, 0.6) is 0 Å². The molecule has 3 aromatic rings. The quantitative estimate of drug-likeness (QED) is 0.467. The van der Waals surface area contributed by atoms with E-state index in [4.69, 9.17) is 11.9 Å². The summed E-state index contributed by atoms with van der Waals surface area (Å²) in [5, 5.41) is 3.41. The Kier molecular flexibility index (Phi) is 5.41. The zero-order chi connectivity index (χ0) is 17.1. The fourth-order valence-electron chi connectivity index (χ4n) is 2.58. The summed E-state index contributed by atoms with van der Waals surface area (Å²) in [6.07, 6.45) is 1.34. The lowest BCUT2D eigenvalue weighted by Gasteiger charge is -2.12. The zero-order valence-electron chi connectivity index (χ0n) is 13.9. The average Bonchev–Trinajstić information content (AvgIpc) is 3.04. The van der Waals surface area contributed by atoms with Gasteiger partial charge in [0.1, 0.15) is 4.83 Å². The van der Waals surface area contributed by atoms with Crippen molar-refractivity contribution in [1.82, 2.24) is 9.55 Å². The van der Waals surface area contributed by atoms with Crippen LogP contribution in [0.2, 0.25) is 0 Å². The van der Waals surface area contributed by atoms with Crippen molar-refractivity contribution >= 4 is 33.3 Å². The fourth-order valence-corrected chi connectivity index (χ4v) is 4.48. The number of thioether (sulfide) groups is 1. The van der Waals surface area contributed by atoms with Crippen LogP contribution in [0.25, 0.3) is 10.2 Å². The first-order valence-electron chi connectivity index (χ1n) is 7.97. The normalized spacial score (nSPS) is 11.3. The third-order valence-electron chi connectivity index (χ3n) is 4.00. The molecule has 2 heterocycles. The minimum atomic E-state index is 0.0400. The number of fused-ring (bicyclic) bond motifs is 1. The second-order valence-corrected chi connectivity index (χ2v) is 7.69. The van der Waals surface area contributed by atoms with E-state index < -0.39 is 0 Å². The van der Waals surface area contributed by atoms with Crippen LogP contribution in [0.15, 0.2) is 39.6 Å². The van der Waals surface area contributed by atoms with Gasteiger partial charge in [-0.15, -0.1) is 11.3 Å².